The van der Waals surface area contributed by atoms with E-state index in [0.29, 0.717) is 6.42 Å². The Kier molecular flexibility index (Phi) is 5.47. The summed E-state index contributed by atoms with van der Waals surface area (Å²) in [6, 6.07) is 3.88. The SMILES string of the molecule is NNC(Cc1cncc(Br)c1)c1ncc(Br)cc1Br. The summed E-state index contributed by atoms with van der Waals surface area (Å²) in [7, 11) is 0. The molecule has 0 saturated heterocycles. The van der Waals surface area contributed by atoms with E-state index in [9.17, 15) is 0 Å². The van der Waals surface area contributed by atoms with Gasteiger partial charge in [0, 0.05) is 32.0 Å². The van der Waals surface area contributed by atoms with Gasteiger partial charge in [-0.1, -0.05) is 0 Å². The van der Waals surface area contributed by atoms with E-state index < -0.39 is 0 Å². The highest BCUT2D eigenvalue weighted by atomic mass is 79.9. The Bertz CT molecular complexity index is 577. The maximum absolute atomic E-state index is 5.64. The summed E-state index contributed by atoms with van der Waals surface area (Å²) >= 11 is 10.3. The van der Waals surface area contributed by atoms with E-state index >= 15 is 0 Å². The van der Waals surface area contributed by atoms with Gasteiger partial charge in [0.15, 0.2) is 0 Å². The molecule has 1 unspecified atom stereocenters. The summed E-state index contributed by atoms with van der Waals surface area (Å²) in [5.74, 6) is 5.64. The summed E-state index contributed by atoms with van der Waals surface area (Å²) < 4.78 is 2.78. The van der Waals surface area contributed by atoms with E-state index in [-0.39, 0.29) is 6.04 Å². The van der Waals surface area contributed by atoms with Crippen molar-refractivity contribution in [3.8, 4) is 0 Å². The number of hydrogen-bond acceptors (Lipinski definition) is 4. The molecule has 0 bridgehead atoms. The molecule has 2 heterocycles. The van der Waals surface area contributed by atoms with Crippen molar-refractivity contribution in [2.75, 3.05) is 0 Å². The Balaban J connectivity index is 2.25. The fraction of sp³-hybridized carbons (Fsp3) is 0.167. The lowest BCUT2D eigenvalue weighted by atomic mass is 10.1. The van der Waals surface area contributed by atoms with E-state index in [1.807, 2.05) is 18.3 Å². The zero-order chi connectivity index (χ0) is 13.8. The largest absolute Gasteiger partial charge is 0.271 e. The predicted octanol–water partition coefficient (Wildman–Crippen LogP) is 3.51. The molecule has 2 aromatic rings. The monoisotopic (exact) mass is 448 g/mol. The molecular weight excluding hydrogens is 440 g/mol. The van der Waals surface area contributed by atoms with Crippen LogP contribution in [-0.2, 0) is 6.42 Å². The zero-order valence-corrected chi connectivity index (χ0v) is 14.5. The van der Waals surface area contributed by atoms with E-state index in [4.69, 9.17) is 5.84 Å². The molecule has 2 rings (SSSR count). The van der Waals surface area contributed by atoms with E-state index in [1.54, 1.807) is 12.4 Å². The number of hydrazine groups is 1. The van der Waals surface area contributed by atoms with Crippen molar-refractivity contribution >= 4 is 47.8 Å². The molecule has 0 fully saturated rings. The zero-order valence-electron chi connectivity index (χ0n) is 9.78. The second kappa shape index (κ2) is 6.90. The molecule has 0 spiro atoms. The van der Waals surface area contributed by atoms with Gasteiger partial charge in [0.05, 0.1) is 11.7 Å². The van der Waals surface area contributed by atoms with Crippen LogP contribution in [0.1, 0.15) is 17.3 Å². The molecule has 19 heavy (non-hydrogen) atoms. The van der Waals surface area contributed by atoms with Crippen LogP contribution in [0.25, 0.3) is 0 Å². The van der Waals surface area contributed by atoms with Crippen LogP contribution in [0.15, 0.2) is 44.1 Å². The third kappa shape index (κ3) is 4.06. The van der Waals surface area contributed by atoms with Gasteiger partial charge in [-0.3, -0.25) is 21.2 Å². The maximum atomic E-state index is 5.64. The van der Waals surface area contributed by atoms with Crippen LogP contribution < -0.4 is 11.3 Å². The Morgan fingerprint density at radius 2 is 1.84 bits per heavy atom. The van der Waals surface area contributed by atoms with Crippen LogP contribution in [0.2, 0.25) is 0 Å². The molecule has 0 aliphatic carbocycles. The maximum Gasteiger partial charge on any atom is 0.0732 e. The summed E-state index contributed by atoms with van der Waals surface area (Å²) in [6.45, 7) is 0. The predicted molar refractivity (Wildman–Crippen MR) is 85.3 cm³/mol. The number of rotatable bonds is 4. The van der Waals surface area contributed by atoms with Crippen LogP contribution in [0.4, 0.5) is 0 Å². The van der Waals surface area contributed by atoms with Crippen LogP contribution in [0.5, 0.6) is 0 Å². The topological polar surface area (TPSA) is 63.8 Å². The van der Waals surface area contributed by atoms with Gasteiger partial charge in [0.1, 0.15) is 0 Å². The number of hydrogen-bond donors (Lipinski definition) is 2. The molecule has 0 radical (unpaired) electrons. The van der Waals surface area contributed by atoms with Crippen LogP contribution in [0, 0.1) is 0 Å². The van der Waals surface area contributed by atoms with Crippen molar-refractivity contribution in [1.82, 2.24) is 15.4 Å². The number of aromatic nitrogens is 2. The van der Waals surface area contributed by atoms with Crippen molar-refractivity contribution in [2.24, 2.45) is 5.84 Å². The first-order valence-electron chi connectivity index (χ1n) is 5.46. The summed E-state index contributed by atoms with van der Waals surface area (Å²) in [4.78, 5) is 8.55. The number of pyridine rings is 2. The van der Waals surface area contributed by atoms with Crippen molar-refractivity contribution in [3.05, 3.63) is 55.4 Å². The van der Waals surface area contributed by atoms with Gasteiger partial charge >= 0.3 is 0 Å². The molecule has 4 nitrogen and oxygen atoms in total. The van der Waals surface area contributed by atoms with Gasteiger partial charge in [0.25, 0.3) is 0 Å². The highest BCUT2D eigenvalue weighted by molar-refractivity contribution is 9.11. The van der Waals surface area contributed by atoms with Crippen molar-refractivity contribution in [3.63, 3.8) is 0 Å². The molecule has 0 aromatic carbocycles. The van der Waals surface area contributed by atoms with Gasteiger partial charge in [-0.15, -0.1) is 0 Å². The summed E-state index contributed by atoms with van der Waals surface area (Å²) in [6.07, 6.45) is 6.03. The lowest BCUT2D eigenvalue weighted by Gasteiger charge is -2.17. The molecule has 3 N–H and O–H groups in total. The first kappa shape index (κ1) is 15.1. The van der Waals surface area contributed by atoms with Crippen LogP contribution in [-0.4, -0.2) is 9.97 Å². The third-order valence-electron chi connectivity index (χ3n) is 2.57. The van der Waals surface area contributed by atoms with Crippen molar-refractivity contribution < 1.29 is 0 Å². The smallest absolute Gasteiger partial charge is 0.0732 e. The molecule has 0 saturated carbocycles. The number of nitrogens with two attached hydrogens (primary N) is 1. The lowest BCUT2D eigenvalue weighted by molar-refractivity contribution is 0.535. The highest BCUT2D eigenvalue weighted by Gasteiger charge is 2.16. The van der Waals surface area contributed by atoms with Crippen molar-refractivity contribution in [2.45, 2.75) is 12.5 Å². The number of nitrogens with one attached hydrogen (secondary N) is 1. The van der Waals surface area contributed by atoms with Crippen molar-refractivity contribution in [1.29, 1.82) is 0 Å². The average Bonchev–Trinajstić information content (AvgIpc) is 2.37. The highest BCUT2D eigenvalue weighted by Crippen LogP contribution is 2.26. The molecule has 0 aliphatic heterocycles. The van der Waals surface area contributed by atoms with Gasteiger partial charge in [0.2, 0.25) is 0 Å². The molecule has 100 valence electrons. The van der Waals surface area contributed by atoms with Gasteiger partial charge < -0.3 is 0 Å². The third-order valence-corrected chi connectivity index (χ3v) is 4.07. The summed E-state index contributed by atoms with van der Waals surface area (Å²) in [5.41, 5.74) is 4.74. The molecule has 1 atom stereocenters. The minimum absolute atomic E-state index is 0.0847. The second-order valence-electron chi connectivity index (χ2n) is 3.96. The Hall–Kier alpha value is -0.340. The van der Waals surface area contributed by atoms with Gasteiger partial charge in [-0.25, -0.2) is 0 Å². The molecule has 0 aliphatic rings. The quantitative estimate of drug-likeness (QED) is 0.552. The van der Waals surface area contributed by atoms with E-state index in [0.717, 1.165) is 24.7 Å². The average molecular weight is 451 g/mol. The minimum Gasteiger partial charge on any atom is -0.271 e. The fourth-order valence-electron chi connectivity index (χ4n) is 1.72. The molecule has 0 amide bonds. The number of halogens is 3. The Morgan fingerprint density at radius 3 is 2.47 bits per heavy atom. The molecule has 2 aromatic heterocycles. The molecular formula is C12H11Br3N4. The number of nitrogens with zero attached hydrogens (tertiary/aromatic N) is 2. The normalized spacial score (nSPS) is 12.4. The van der Waals surface area contributed by atoms with Crippen LogP contribution in [0.3, 0.4) is 0 Å². The van der Waals surface area contributed by atoms with Crippen LogP contribution >= 0.6 is 47.8 Å². The Morgan fingerprint density at radius 1 is 1.11 bits per heavy atom. The molecule has 7 heteroatoms. The lowest BCUT2D eigenvalue weighted by Crippen LogP contribution is -2.30. The van der Waals surface area contributed by atoms with E-state index in [1.165, 1.54) is 0 Å². The van der Waals surface area contributed by atoms with Gasteiger partial charge in [-0.05, 0) is 71.9 Å². The standard InChI is InChI=1S/C12H11Br3N4/c13-8-1-7(4-17-5-8)2-11(19-16)12-10(15)3-9(14)6-18-12/h1,3-6,11,19H,2,16H2. The Labute approximate surface area is 136 Å². The first-order valence-corrected chi connectivity index (χ1v) is 7.84. The summed E-state index contributed by atoms with van der Waals surface area (Å²) in [5, 5.41) is 0. The fourth-order valence-corrected chi connectivity index (χ4v) is 3.40. The minimum atomic E-state index is -0.0847. The van der Waals surface area contributed by atoms with E-state index in [2.05, 4.69) is 63.2 Å². The second-order valence-corrected chi connectivity index (χ2v) is 6.64. The first-order chi connectivity index (χ1) is 9.10. The van der Waals surface area contributed by atoms with Gasteiger partial charge in [-0.2, -0.15) is 0 Å².